The van der Waals surface area contributed by atoms with Gasteiger partial charge in [-0.3, -0.25) is 4.68 Å². The molecule has 1 aromatic heterocycles. The van der Waals surface area contributed by atoms with Crippen LogP contribution in [0.2, 0.25) is 0 Å². The standard InChI is InChI=1S/C11H16BrN3O2/c1-11(2,3)9-8(12)7-6-14(10(16)17)4-5-15(7)13-9/h4-6H2,1-3H3,(H,16,17). The second kappa shape index (κ2) is 4.01. The van der Waals surface area contributed by atoms with E-state index in [4.69, 9.17) is 5.11 Å². The van der Waals surface area contributed by atoms with Crippen molar-refractivity contribution in [1.82, 2.24) is 14.7 Å². The number of rotatable bonds is 0. The van der Waals surface area contributed by atoms with Gasteiger partial charge in [0.05, 0.1) is 29.0 Å². The lowest BCUT2D eigenvalue weighted by molar-refractivity contribution is 0.131. The van der Waals surface area contributed by atoms with Crippen molar-refractivity contribution in [3.05, 3.63) is 15.9 Å². The highest BCUT2D eigenvalue weighted by Crippen LogP contribution is 2.33. The topological polar surface area (TPSA) is 58.4 Å². The molecule has 1 N–H and O–H groups in total. The molecule has 1 aliphatic rings. The van der Waals surface area contributed by atoms with Crippen LogP contribution >= 0.6 is 15.9 Å². The van der Waals surface area contributed by atoms with Crippen molar-refractivity contribution in [3.63, 3.8) is 0 Å². The first kappa shape index (κ1) is 12.4. The van der Waals surface area contributed by atoms with Crippen LogP contribution in [0.5, 0.6) is 0 Å². The Balaban J connectivity index is 2.39. The molecule has 6 heteroatoms. The van der Waals surface area contributed by atoms with E-state index in [9.17, 15) is 4.79 Å². The Morgan fingerprint density at radius 2 is 2.06 bits per heavy atom. The molecule has 0 aliphatic carbocycles. The summed E-state index contributed by atoms with van der Waals surface area (Å²) in [6.45, 7) is 7.82. The Bertz CT molecular complexity index is 462. The second-order valence-corrected chi connectivity index (χ2v) is 6.08. The van der Waals surface area contributed by atoms with E-state index in [-0.39, 0.29) is 5.41 Å². The molecule has 0 bridgehead atoms. The molecule has 0 atom stereocenters. The fourth-order valence-electron chi connectivity index (χ4n) is 1.93. The van der Waals surface area contributed by atoms with Crippen LogP contribution in [0.15, 0.2) is 4.47 Å². The van der Waals surface area contributed by atoms with Gasteiger partial charge < -0.3 is 10.0 Å². The fraction of sp³-hybridized carbons (Fsp3) is 0.636. The van der Waals surface area contributed by atoms with E-state index in [2.05, 4.69) is 41.8 Å². The zero-order valence-corrected chi connectivity index (χ0v) is 11.8. The second-order valence-electron chi connectivity index (χ2n) is 5.29. The van der Waals surface area contributed by atoms with Gasteiger partial charge in [0.1, 0.15) is 0 Å². The monoisotopic (exact) mass is 301 g/mol. The van der Waals surface area contributed by atoms with E-state index in [0.717, 1.165) is 15.9 Å². The summed E-state index contributed by atoms with van der Waals surface area (Å²) in [7, 11) is 0. The minimum absolute atomic E-state index is 0.0444. The van der Waals surface area contributed by atoms with E-state index < -0.39 is 6.09 Å². The van der Waals surface area contributed by atoms with Crippen molar-refractivity contribution in [2.75, 3.05) is 6.54 Å². The van der Waals surface area contributed by atoms with Crippen LogP contribution in [0.3, 0.4) is 0 Å². The lowest BCUT2D eigenvalue weighted by Crippen LogP contribution is -2.37. The van der Waals surface area contributed by atoms with Crippen molar-refractivity contribution in [2.45, 2.75) is 39.3 Å². The number of hydrogen-bond donors (Lipinski definition) is 1. The Kier molecular flexibility index (Phi) is 2.93. The molecule has 5 nitrogen and oxygen atoms in total. The van der Waals surface area contributed by atoms with Crippen molar-refractivity contribution in [3.8, 4) is 0 Å². The molecular weight excluding hydrogens is 286 g/mol. The lowest BCUT2D eigenvalue weighted by atomic mass is 9.92. The predicted octanol–water partition coefficient (Wildman–Crippen LogP) is 2.44. The Labute approximate surface area is 109 Å². The van der Waals surface area contributed by atoms with E-state index in [1.54, 1.807) is 0 Å². The average molecular weight is 302 g/mol. The average Bonchev–Trinajstić information content (AvgIpc) is 2.55. The van der Waals surface area contributed by atoms with Gasteiger partial charge in [-0.1, -0.05) is 20.8 Å². The van der Waals surface area contributed by atoms with Gasteiger partial charge in [0.15, 0.2) is 0 Å². The molecule has 2 rings (SSSR count). The van der Waals surface area contributed by atoms with E-state index >= 15 is 0 Å². The van der Waals surface area contributed by atoms with Gasteiger partial charge in [-0.2, -0.15) is 5.10 Å². The maximum absolute atomic E-state index is 11.0. The third kappa shape index (κ3) is 2.18. The van der Waals surface area contributed by atoms with Crippen LogP contribution < -0.4 is 0 Å². The highest BCUT2D eigenvalue weighted by molar-refractivity contribution is 9.10. The third-order valence-electron chi connectivity index (χ3n) is 2.90. The minimum atomic E-state index is -0.873. The van der Waals surface area contributed by atoms with Crippen LogP contribution in [0.1, 0.15) is 32.2 Å². The van der Waals surface area contributed by atoms with E-state index in [0.29, 0.717) is 19.6 Å². The van der Waals surface area contributed by atoms with Gasteiger partial charge in [-0.15, -0.1) is 0 Å². The lowest BCUT2D eigenvalue weighted by Gasteiger charge is -2.25. The highest BCUT2D eigenvalue weighted by atomic mass is 79.9. The van der Waals surface area contributed by atoms with E-state index in [1.807, 2.05) is 4.68 Å². The SMILES string of the molecule is CC(C)(C)c1nn2c(c1Br)CN(C(=O)O)CC2. The van der Waals surface area contributed by atoms with Crippen LogP contribution in [0.4, 0.5) is 4.79 Å². The van der Waals surface area contributed by atoms with Gasteiger partial charge in [0.25, 0.3) is 0 Å². The quantitative estimate of drug-likeness (QED) is 0.801. The van der Waals surface area contributed by atoms with Crippen molar-refractivity contribution < 1.29 is 9.90 Å². The number of carboxylic acid groups (broad SMARTS) is 1. The van der Waals surface area contributed by atoms with Crippen LogP contribution in [0.25, 0.3) is 0 Å². The van der Waals surface area contributed by atoms with Crippen molar-refractivity contribution in [2.24, 2.45) is 0 Å². The number of aromatic nitrogens is 2. The number of halogens is 1. The maximum atomic E-state index is 11.0. The predicted molar refractivity (Wildman–Crippen MR) is 67.1 cm³/mol. The molecule has 1 aromatic rings. The maximum Gasteiger partial charge on any atom is 0.407 e. The summed E-state index contributed by atoms with van der Waals surface area (Å²) in [5, 5.41) is 13.6. The summed E-state index contributed by atoms with van der Waals surface area (Å²) in [5.74, 6) is 0. The van der Waals surface area contributed by atoms with Gasteiger partial charge >= 0.3 is 6.09 Å². The first-order valence-electron chi connectivity index (χ1n) is 5.54. The Hall–Kier alpha value is -1.04. The summed E-state index contributed by atoms with van der Waals surface area (Å²) < 4.78 is 2.85. The zero-order chi connectivity index (χ0) is 12.8. The normalized spacial score (nSPS) is 15.9. The Morgan fingerprint density at radius 3 is 2.59 bits per heavy atom. The number of nitrogens with zero attached hydrogens (tertiary/aromatic N) is 3. The minimum Gasteiger partial charge on any atom is -0.465 e. The first-order chi connectivity index (χ1) is 7.80. The van der Waals surface area contributed by atoms with Crippen molar-refractivity contribution in [1.29, 1.82) is 0 Å². The Morgan fingerprint density at radius 1 is 1.41 bits per heavy atom. The van der Waals surface area contributed by atoms with E-state index in [1.165, 1.54) is 4.90 Å². The third-order valence-corrected chi connectivity index (χ3v) is 3.73. The molecule has 0 unspecified atom stereocenters. The van der Waals surface area contributed by atoms with Crippen molar-refractivity contribution >= 4 is 22.0 Å². The van der Waals surface area contributed by atoms with Gasteiger partial charge in [0.2, 0.25) is 0 Å². The van der Waals surface area contributed by atoms with Crippen LogP contribution in [-0.2, 0) is 18.5 Å². The molecule has 2 heterocycles. The largest absolute Gasteiger partial charge is 0.465 e. The molecule has 1 aliphatic heterocycles. The van der Waals surface area contributed by atoms with Crippen LogP contribution in [0, 0.1) is 0 Å². The first-order valence-corrected chi connectivity index (χ1v) is 6.33. The number of fused-ring (bicyclic) bond motifs is 1. The van der Waals surface area contributed by atoms with Crippen LogP contribution in [-0.4, -0.2) is 32.4 Å². The summed E-state index contributed by atoms with van der Waals surface area (Å²) in [4.78, 5) is 12.4. The molecule has 0 spiro atoms. The summed E-state index contributed by atoms with van der Waals surface area (Å²) in [6.07, 6.45) is -0.873. The molecule has 0 saturated carbocycles. The molecule has 17 heavy (non-hydrogen) atoms. The molecule has 94 valence electrons. The van der Waals surface area contributed by atoms with Gasteiger partial charge in [-0.25, -0.2) is 4.79 Å². The highest BCUT2D eigenvalue weighted by Gasteiger charge is 2.29. The number of carbonyl (C=O) groups is 1. The molecule has 0 radical (unpaired) electrons. The molecule has 0 saturated heterocycles. The zero-order valence-electron chi connectivity index (χ0n) is 10.2. The number of amides is 1. The molecule has 0 fully saturated rings. The molecular formula is C11H16BrN3O2. The summed E-state index contributed by atoms with van der Waals surface area (Å²) in [5.41, 5.74) is 1.89. The molecule has 0 aromatic carbocycles. The number of hydrogen-bond acceptors (Lipinski definition) is 2. The van der Waals surface area contributed by atoms with Gasteiger partial charge in [-0.05, 0) is 15.9 Å². The molecule has 1 amide bonds. The summed E-state index contributed by atoms with van der Waals surface area (Å²) in [6, 6.07) is 0. The smallest absolute Gasteiger partial charge is 0.407 e. The van der Waals surface area contributed by atoms with Gasteiger partial charge in [0, 0.05) is 12.0 Å². The summed E-state index contributed by atoms with van der Waals surface area (Å²) >= 11 is 3.55. The fourth-order valence-corrected chi connectivity index (χ4v) is 2.93.